The number of anilines is 1. The summed E-state index contributed by atoms with van der Waals surface area (Å²) in [4.78, 5) is 11.1. The lowest BCUT2D eigenvalue weighted by atomic mass is 10.3. The standard InChI is InChI=1S/C18H22N6O3S/c1-13-16-17(22(2)21-13)18(20-12-19-16)23-8-10-24(11-9-23)28(25,26)15-6-4-14(27-3)5-7-15/h4-7,12H,8-11H2,1-3H3. The first-order chi connectivity index (χ1) is 13.4. The lowest BCUT2D eigenvalue weighted by Gasteiger charge is -2.34. The maximum absolute atomic E-state index is 12.9. The molecule has 10 heteroatoms. The van der Waals surface area contributed by atoms with E-state index in [1.54, 1.807) is 36.1 Å². The number of aromatic nitrogens is 4. The molecule has 0 unspecified atom stereocenters. The Morgan fingerprint density at radius 3 is 2.36 bits per heavy atom. The van der Waals surface area contributed by atoms with E-state index in [0.29, 0.717) is 31.9 Å². The minimum atomic E-state index is -3.54. The fourth-order valence-corrected chi connectivity index (χ4v) is 4.95. The van der Waals surface area contributed by atoms with Crippen LogP contribution in [0.15, 0.2) is 35.5 Å². The molecule has 0 radical (unpaired) electrons. The summed E-state index contributed by atoms with van der Waals surface area (Å²) in [7, 11) is -0.119. The summed E-state index contributed by atoms with van der Waals surface area (Å²) in [6.07, 6.45) is 1.53. The molecule has 1 fully saturated rings. The zero-order valence-corrected chi connectivity index (χ0v) is 16.8. The first-order valence-corrected chi connectivity index (χ1v) is 10.4. The van der Waals surface area contributed by atoms with Crippen LogP contribution in [0.1, 0.15) is 5.69 Å². The Bertz CT molecular complexity index is 1100. The maximum atomic E-state index is 12.9. The third-order valence-corrected chi connectivity index (χ3v) is 6.92. The van der Waals surface area contributed by atoms with Crippen LogP contribution in [0, 0.1) is 6.92 Å². The molecular formula is C18H22N6O3S. The van der Waals surface area contributed by atoms with E-state index < -0.39 is 10.0 Å². The van der Waals surface area contributed by atoms with E-state index in [-0.39, 0.29) is 4.90 Å². The second-order valence-corrected chi connectivity index (χ2v) is 8.61. The first kappa shape index (κ1) is 18.6. The van der Waals surface area contributed by atoms with E-state index in [2.05, 4.69) is 20.0 Å². The minimum Gasteiger partial charge on any atom is -0.497 e. The van der Waals surface area contributed by atoms with Gasteiger partial charge in [0, 0.05) is 33.2 Å². The van der Waals surface area contributed by atoms with Gasteiger partial charge in [0.1, 0.15) is 23.1 Å². The summed E-state index contributed by atoms with van der Waals surface area (Å²) in [5, 5.41) is 4.42. The Hall–Kier alpha value is -2.72. The number of nitrogens with zero attached hydrogens (tertiary/aromatic N) is 6. The van der Waals surface area contributed by atoms with Gasteiger partial charge in [-0.3, -0.25) is 4.68 Å². The smallest absolute Gasteiger partial charge is 0.243 e. The largest absolute Gasteiger partial charge is 0.497 e. The molecule has 0 spiro atoms. The average Bonchev–Trinajstić information content (AvgIpc) is 3.02. The van der Waals surface area contributed by atoms with Gasteiger partial charge in [0.25, 0.3) is 0 Å². The molecular weight excluding hydrogens is 380 g/mol. The van der Waals surface area contributed by atoms with Gasteiger partial charge in [-0.25, -0.2) is 18.4 Å². The Labute approximate surface area is 163 Å². The van der Waals surface area contributed by atoms with Gasteiger partial charge in [-0.15, -0.1) is 0 Å². The molecule has 0 bridgehead atoms. The summed E-state index contributed by atoms with van der Waals surface area (Å²) >= 11 is 0. The van der Waals surface area contributed by atoms with Crippen molar-refractivity contribution >= 4 is 26.9 Å². The fourth-order valence-electron chi connectivity index (χ4n) is 3.52. The molecule has 28 heavy (non-hydrogen) atoms. The number of benzene rings is 1. The SMILES string of the molecule is COc1ccc(S(=O)(=O)N2CCN(c3ncnc4c(C)nn(C)c34)CC2)cc1. The molecule has 1 aromatic carbocycles. The van der Waals surface area contributed by atoms with Crippen molar-refractivity contribution in [2.45, 2.75) is 11.8 Å². The zero-order valence-electron chi connectivity index (χ0n) is 16.0. The summed E-state index contributed by atoms with van der Waals surface area (Å²) in [6.45, 7) is 3.78. The molecule has 0 atom stereocenters. The number of ether oxygens (including phenoxy) is 1. The van der Waals surface area contributed by atoms with Crippen LogP contribution in [0.3, 0.4) is 0 Å². The van der Waals surface area contributed by atoms with Gasteiger partial charge in [-0.05, 0) is 31.2 Å². The van der Waals surface area contributed by atoms with Crippen molar-refractivity contribution < 1.29 is 13.2 Å². The van der Waals surface area contributed by atoms with E-state index in [1.807, 2.05) is 14.0 Å². The molecule has 9 nitrogen and oxygen atoms in total. The van der Waals surface area contributed by atoms with Crippen LogP contribution in [0.4, 0.5) is 5.82 Å². The molecule has 0 aliphatic carbocycles. The predicted molar refractivity (Wildman–Crippen MR) is 105 cm³/mol. The van der Waals surface area contributed by atoms with Crippen molar-refractivity contribution in [3.8, 4) is 5.75 Å². The Kier molecular flexibility index (Phi) is 4.68. The van der Waals surface area contributed by atoms with Crippen molar-refractivity contribution in [2.24, 2.45) is 7.05 Å². The molecule has 1 saturated heterocycles. The molecule has 0 N–H and O–H groups in total. The van der Waals surface area contributed by atoms with Gasteiger partial charge in [-0.1, -0.05) is 0 Å². The first-order valence-electron chi connectivity index (χ1n) is 8.95. The van der Waals surface area contributed by atoms with Crippen LogP contribution in [-0.2, 0) is 17.1 Å². The number of methoxy groups -OCH3 is 1. The molecule has 0 saturated carbocycles. The quantitative estimate of drug-likeness (QED) is 0.647. The van der Waals surface area contributed by atoms with Gasteiger partial charge in [0.15, 0.2) is 5.82 Å². The van der Waals surface area contributed by atoms with Crippen LogP contribution in [0.2, 0.25) is 0 Å². The lowest BCUT2D eigenvalue weighted by molar-refractivity contribution is 0.383. The fraction of sp³-hybridized carbons (Fsp3) is 0.389. The maximum Gasteiger partial charge on any atom is 0.243 e. The normalized spacial score (nSPS) is 15.9. The molecule has 3 aromatic rings. The van der Waals surface area contributed by atoms with Crippen molar-refractivity contribution in [2.75, 3.05) is 38.2 Å². The highest BCUT2D eigenvalue weighted by Gasteiger charge is 2.30. The summed E-state index contributed by atoms with van der Waals surface area (Å²) in [5.41, 5.74) is 2.54. The zero-order chi connectivity index (χ0) is 19.9. The van der Waals surface area contributed by atoms with E-state index in [4.69, 9.17) is 4.74 Å². The second kappa shape index (κ2) is 7.02. The molecule has 1 aliphatic rings. The monoisotopic (exact) mass is 402 g/mol. The van der Waals surface area contributed by atoms with Crippen LogP contribution in [0.25, 0.3) is 11.0 Å². The summed E-state index contributed by atoms with van der Waals surface area (Å²) in [5.74, 6) is 1.41. The van der Waals surface area contributed by atoms with Crippen LogP contribution >= 0.6 is 0 Å². The molecule has 148 valence electrons. The van der Waals surface area contributed by atoms with Crippen LogP contribution in [0.5, 0.6) is 5.75 Å². The number of aryl methyl sites for hydroxylation is 2. The van der Waals surface area contributed by atoms with Gasteiger partial charge in [-0.2, -0.15) is 9.40 Å². The van der Waals surface area contributed by atoms with E-state index in [9.17, 15) is 8.42 Å². The molecule has 4 rings (SSSR count). The molecule has 3 heterocycles. The lowest BCUT2D eigenvalue weighted by Crippen LogP contribution is -2.49. The average molecular weight is 402 g/mol. The number of hydrogen-bond acceptors (Lipinski definition) is 7. The molecule has 1 aliphatic heterocycles. The Morgan fingerprint density at radius 2 is 1.71 bits per heavy atom. The number of fused-ring (bicyclic) bond motifs is 1. The van der Waals surface area contributed by atoms with Gasteiger partial charge >= 0.3 is 0 Å². The van der Waals surface area contributed by atoms with Crippen molar-refractivity contribution in [1.29, 1.82) is 0 Å². The number of rotatable bonds is 4. The van der Waals surface area contributed by atoms with E-state index in [0.717, 1.165) is 22.5 Å². The van der Waals surface area contributed by atoms with Crippen molar-refractivity contribution in [3.63, 3.8) is 0 Å². The number of piperazine rings is 1. The van der Waals surface area contributed by atoms with Gasteiger partial charge < -0.3 is 9.64 Å². The van der Waals surface area contributed by atoms with Crippen LogP contribution < -0.4 is 9.64 Å². The third kappa shape index (κ3) is 3.08. The number of hydrogen-bond donors (Lipinski definition) is 0. The molecule has 0 amide bonds. The topological polar surface area (TPSA) is 93.5 Å². The summed E-state index contributed by atoms with van der Waals surface area (Å²) < 4.78 is 34.2. The Morgan fingerprint density at radius 1 is 1.04 bits per heavy atom. The van der Waals surface area contributed by atoms with E-state index in [1.165, 1.54) is 10.6 Å². The highest BCUT2D eigenvalue weighted by atomic mass is 32.2. The Balaban J connectivity index is 1.55. The van der Waals surface area contributed by atoms with Crippen molar-refractivity contribution in [3.05, 3.63) is 36.3 Å². The van der Waals surface area contributed by atoms with Gasteiger partial charge in [0.05, 0.1) is 17.7 Å². The highest BCUT2D eigenvalue weighted by Crippen LogP contribution is 2.27. The highest BCUT2D eigenvalue weighted by molar-refractivity contribution is 7.89. The van der Waals surface area contributed by atoms with Gasteiger partial charge in [0.2, 0.25) is 10.0 Å². The third-order valence-electron chi connectivity index (χ3n) is 5.00. The summed E-state index contributed by atoms with van der Waals surface area (Å²) in [6, 6.07) is 6.47. The second-order valence-electron chi connectivity index (χ2n) is 6.67. The van der Waals surface area contributed by atoms with Crippen molar-refractivity contribution in [1.82, 2.24) is 24.1 Å². The van der Waals surface area contributed by atoms with E-state index >= 15 is 0 Å². The molecule has 2 aromatic heterocycles. The van der Waals surface area contributed by atoms with Crippen LogP contribution in [-0.4, -0.2) is 65.8 Å². The minimum absolute atomic E-state index is 0.272. The number of sulfonamides is 1. The predicted octanol–water partition coefficient (Wildman–Crippen LogP) is 1.19.